The van der Waals surface area contributed by atoms with E-state index in [1.807, 2.05) is 0 Å². The van der Waals surface area contributed by atoms with Crippen molar-refractivity contribution in [2.75, 3.05) is 5.75 Å². The van der Waals surface area contributed by atoms with Crippen LogP contribution in [0.4, 0.5) is 0 Å². The summed E-state index contributed by atoms with van der Waals surface area (Å²) >= 11 is 0.992. The molecule has 84 valence electrons. The summed E-state index contributed by atoms with van der Waals surface area (Å²) in [4.78, 5) is 26.3. The van der Waals surface area contributed by atoms with E-state index in [1.165, 1.54) is 10.8 Å². The summed E-state index contributed by atoms with van der Waals surface area (Å²) in [5.41, 5.74) is 0.127. The smallest absolute Gasteiger partial charge is 0.313 e. The number of carbonyl (C=O) groups is 1. The lowest BCUT2D eigenvalue weighted by Crippen LogP contribution is -2.20. The van der Waals surface area contributed by atoms with Crippen molar-refractivity contribution >= 4 is 28.8 Å². The van der Waals surface area contributed by atoms with E-state index in [-0.39, 0.29) is 11.3 Å². The van der Waals surface area contributed by atoms with Crippen LogP contribution in [0.25, 0.3) is 11.0 Å². The standard InChI is InChI=1S/C8H8N4O3S/c1-12-7(15)4-2-9-11-6(4)10-8(12)16-3-5(13)14/h2H,3H2,1H3,(H,9,11)(H,13,14). The molecule has 2 aromatic heterocycles. The lowest BCUT2D eigenvalue weighted by atomic mass is 10.4. The molecule has 0 aliphatic carbocycles. The third kappa shape index (κ3) is 1.78. The van der Waals surface area contributed by atoms with Gasteiger partial charge in [0.05, 0.1) is 11.9 Å². The monoisotopic (exact) mass is 240 g/mol. The molecule has 0 aliphatic rings. The molecular formula is C8H8N4O3S. The van der Waals surface area contributed by atoms with Crippen LogP contribution >= 0.6 is 11.8 Å². The Bertz CT molecular complexity index is 603. The average Bonchev–Trinajstić information content (AvgIpc) is 2.69. The van der Waals surface area contributed by atoms with Crippen LogP contribution in [-0.4, -0.2) is 36.6 Å². The first-order valence-corrected chi connectivity index (χ1v) is 5.33. The maximum Gasteiger partial charge on any atom is 0.313 e. The van der Waals surface area contributed by atoms with Gasteiger partial charge in [0.15, 0.2) is 10.8 Å². The second-order valence-corrected chi connectivity index (χ2v) is 4.02. The van der Waals surface area contributed by atoms with E-state index in [1.54, 1.807) is 7.05 Å². The van der Waals surface area contributed by atoms with Crippen LogP contribution in [0.3, 0.4) is 0 Å². The average molecular weight is 240 g/mol. The number of nitrogens with zero attached hydrogens (tertiary/aromatic N) is 3. The Morgan fingerprint density at radius 1 is 1.69 bits per heavy atom. The van der Waals surface area contributed by atoms with E-state index in [0.29, 0.717) is 16.2 Å². The molecule has 0 atom stereocenters. The highest BCUT2D eigenvalue weighted by atomic mass is 32.2. The molecule has 2 N–H and O–H groups in total. The van der Waals surface area contributed by atoms with Gasteiger partial charge in [-0.25, -0.2) is 4.98 Å². The molecule has 0 spiro atoms. The van der Waals surface area contributed by atoms with Gasteiger partial charge in [-0.05, 0) is 0 Å². The highest BCUT2D eigenvalue weighted by molar-refractivity contribution is 7.99. The molecule has 0 amide bonds. The van der Waals surface area contributed by atoms with Crippen molar-refractivity contribution in [1.82, 2.24) is 19.7 Å². The largest absolute Gasteiger partial charge is 0.481 e. The van der Waals surface area contributed by atoms with Gasteiger partial charge in [0.2, 0.25) is 0 Å². The Labute approximate surface area is 93.5 Å². The van der Waals surface area contributed by atoms with Crippen molar-refractivity contribution in [1.29, 1.82) is 0 Å². The first kappa shape index (κ1) is 10.7. The van der Waals surface area contributed by atoms with E-state index in [0.717, 1.165) is 11.8 Å². The minimum Gasteiger partial charge on any atom is -0.481 e. The first-order chi connectivity index (χ1) is 7.59. The zero-order valence-corrected chi connectivity index (χ0v) is 9.11. The molecule has 2 rings (SSSR count). The van der Waals surface area contributed by atoms with Crippen molar-refractivity contribution in [3.8, 4) is 0 Å². The fourth-order valence-electron chi connectivity index (χ4n) is 1.21. The summed E-state index contributed by atoms with van der Waals surface area (Å²) in [7, 11) is 1.55. The summed E-state index contributed by atoms with van der Waals surface area (Å²) in [5.74, 6) is -1.09. The predicted molar refractivity (Wildman–Crippen MR) is 57.5 cm³/mol. The molecule has 0 bridgehead atoms. The summed E-state index contributed by atoms with van der Waals surface area (Å²) in [6.07, 6.45) is 1.40. The van der Waals surface area contributed by atoms with Crippen molar-refractivity contribution in [3.63, 3.8) is 0 Å². The molecule has 2 aromatic rings. The highest BCUT2D eigenvalue weighted by Gasteiger charge is 2.11. The summed E-state index contributed by atoms with van der Waals surface area (Å²) in [6, 6.07) is 0. The predicted octanol–water partition coefficient (Wildman–Crippen LogP) is -0.167. The number of aliphatic carboxylic acids is 1. The van der Waals surface area contributed by atoms with Gasteiger partial charge in [0, 0.05) is 7.05 Å². The fourth-order valence-corrected chi connectivity index (χ4v) is 1.90. The molecule has 7 nitrogen and oxygen atoms in total. The van der Waals surface area contributed by atoms with Gasteiger partial charge in [-0.3, -0.25) is 19.3 Å². The van der Waals surface area contributed by atoms with Crippen LogP contribution in [0.5, 0.6) is 0 Å². The van der Waals surface area contributed by atoms with Crippen LogP contribution in [0.15, 0.2) is 16.1 Å². The summed E-state index contributed by atoms with van der Waals surface area (Å²) < 4.78 is 1.31. The lowest BCUT2D eigenvalue weighted by molar-refractivity contribution is -0.133. The molecule has 0 aromatic carbocycles. The second kappa shape index (κ2) is 3.97. The molecule has 0 aliphatic heterocycles. The number of hydrogen-bond acceptors (Lipinski definition) is 5. The maximum atomic E-state index is 11.8. The molecule has 0 saturated carbocycles. The number of carboxylic acids is 1. The summed E-state index contributed by atoms with van der Waals surface area (Å²) in [6.45, 7) is 0. The molecule has 0 fully saturated rings. The van der Waals surface area contributed by atoms with E-state index >= 15 is 0 Å². The Morgan fingerprint density at radius 3 is 3.12 bits per heavy atom. The third-order valence-electron chi connectivity index (χ3n) is 1.97. The van der Waals surface area contributed by atoms with Gasteiger partial charge in [-0.2, -0.15) is 5.10 Å². The minimum atomic E-state index is -0.955. The van der Waals surface area contributed by atoms with Crippen LogP contribution in [0.2, 0.25) is 0 Å². The van der Waals surface area contributed by atoms with Crippen molar-refractivity contribution < 1.29 is 9.90 Å². The Morgan fingerprint density at radius 2 is 2.44 bits per heavy atom. The number of thioether (sulfide) groups is 1. The SMILES string of the molecule is Cn1c(SCC(=O)O)nc2[nH]ncc2c1=O. The molecule has 16 heavy (non-hydrogen) atoms. The van der Waals surface area contributed by atoms with Crippen molar-refractivity contribution in [2.45, 2.75) is 5.16 Å². The number of aromatic nitrogens is 4. The number of nitrogens with one attached hydrogen (secondary N) is 1. The van der Waals surface area contributed by atoms with E-state index in [9.17, 15) is 9.59 Å². The zero-order valence-electron chi connectivity index (χ0n) is 8.30. The molecular weight excluding hydrogens is 232 g/mol. The number of carboxylic acid groups (broad SMARTS) is 1. The molecule has 0 saturated heterocycles. The number of H-pyrrole nitrogens is 1. The highest BCUT2D eigenvalue weighted by Crippen LogP contribution is 2.14. The molecule has 0 unspecified atom stereocenters. The van der Waals surface area contributed by atoms with Gasteiger partial charge in [-0.1, -0.05) is 11.8 Å². The van der Waals surface area contributed by atoms with Crippen LogP contribution in [0, 0.1) is 0 Å². The third-order valence-corrected chi connectivity index (χ3v) is 2.99. The number of hydrogen-bond donors (Lipinski definition) is 2. The topological polar surface area (TPSA) is 101 Å². The maximum absolute atomic E-state index is 11.8. The number of aromatic amines is 1. The quantitative estimate of drug-likeness (QED) is 0.570. The fraction of sp³-hybridized carbons (Fsp3) is 0.250. The van der Waals surface area contributed by atoms with Crippen molar-refractivity contribution in [2.24, 2.45) is 7.05 Å². The van der Waals surface area contributed by atoms with Gasteiger partial charge in [-0.15, -0.1) is 0 Å². The van der Waals surface area contributed by atoms with E-state index < -0.39 is 5.97 Å². The molecule has 8 heteroatoms. The Balaban J connectivity index is 2.49. The van der Waals surface area contributed by atoms with Crippen LogP contribution in [-0.2, 0) is 11.8 Å². The number of fused-ring (bicyclic) bond motifs is 1. The van der Waals surface area contributed by atoms with E-state index in [2.05, 4.69) is 15.2 Å². The van der Waals surface area contributed by atoms with Gasteiger partial charge < -0.3 is 5.11 Å². The van der Waals surface area contributed by atoms with E-state index in [4.69, 9.17) is 5.11 Å². The number of rotatable bonds is 3. The Kier molecular flexibility index (Phi) is 2.65. The molecule has 0 radical (unpaired) electrons. The van der Waals surface area contributed by atoms with Crippen LogP contribution < -0.4 is 5.56 Å². The van der Waals surface area contributed by atoms with Gasteiger partial charge in [0.25, 0.3) is 5.56 Å². The van der Waals surface area contributed by atoms with Crippen LogP contribution in [0.1, 0.15) is 0 Å². The lowest BCUT2D eigenvalue weighted by Gasteiger charge is -2.04. The van der Waals surface area contributed by atoms with Gasteiger partial charge >= 0.3 is 5.97 Å². The minimum absolute atomic E-state index is 0.139. The molecule has 2 heterocycles. The normalized spacial score (nSPS) is 10.8. The first-order valence-electron chi connectivity index (χ1n) is 4.34. The second-order valence-electron chi connectivity index (χ2n) is 3.07. The summed E-state index contributed by atoms with van der Waals surface area (Å²) in [5, 5.41) is 15.6. The Hall–Kier alpha value is -1.83. The zero-order chi connectivity index (χ0) is 11.7. The van der Waals surface area contributed by atoms with Gasteiger partial charge in [0.1, 0.15) is 5.39 Å². The van der Waals surface area contributed by atoms with Crippen molar-refractivity contribution in [3.05, 3.63) is 16.6 Å².